The number of aryl methyl sites for hydroxylation is 1. The van der Waals surface area contributed by atoms with Crippen molar-refractivity contribution >= 4 is 22.2 Å². The summed E-state index contributed by atoms with van der Waals surface area (Å²) in [7, 11) is 0. The average molecular weight is 268 g/mol. The van der Waals surface area contributed by atoms with E-state index in [1.54, 1.807) is 12.4 Å². The second-order valence-electron chi connectivity index (χ2n) is 4.14. The number of benzene rings is 1. The molecule has 1 aromatic carbocycles. The van der Waals surface area contributed by atoms with Crippen molar-refractivity contribution in [2.24, 2.45) is 0 Å². The molecule has 0 aliphatic heterocycles. The number of anilines is 2. The average Bonchev–Trinajstić information content (AvgIpc) is 2.88. The molecule has 0 aliphatic carbocycles. The number of pyridine rings is 1. The van der Waals surface area contributed by atoms with Crippen LogP contribution in [0.2, 0.25) is 0 Å². The molecule has 3 aromatic rings. The summed E-state index contributed by atoms with van der Waals surface area (Å²) in [5.74, 6) is 0. The van der Waals surface area contributed by atoms with E-state index in [1.807, 2.05) is 24.3 Å². The van der Waals surface area contributed by atoms with Gasteiger partial charge in [0.2, 0.25) is 5.13 Å². The Morgan fingerprint density at radius 2 is 1.89 bits per heavy atom. The Kier molecular flexibility index (Phi) is 3.20. The first-order chi connectivity index (χ1) is 9.31. The maximum atomic E-state index is 4.18. The molecule has 1 N–H and O–H groups in total. The van der Waals surface area contributed by atoms with Gasteiger partial charge in [0.25, 0.3) is 0 Å². The van der Waals surface area contributed by atoms with Crippen molar-refractivity contribution in [2.75, 3.05) is 5.32 Å². The summed E-state index contributed by atoms with van der Waals surface area (Å²) in [6.07, 6.45) is 3.51. The fourth-order valence-electron chi connectivity index (χ4n) is 1.73. The summed E-state index contributed by atoms with van der Waals surface area (Å²) in [4.78, 5) is 4.00. The van der Waals surface area contributed by atoms with Crippen LogP contribution in [0.4, 0.5) is 10.8 Å². The summed E-state index contributed by atoms with van der Waals surface area (Å²) in [6.45, 7) is 2.06. The first-order valence-electron chi connectivity index (χ1n) is 5.89. The number of aromatic nitrogens is 3. The highest BCUT2D eigenvalue weighted by atomic mass is 32.1. The van der Waals surface area contributed by atoms with Crippen LogP contribution in [0.15, 0.2) is 48.8 Å². The molecule has 2 aromatic heterocycles. The summed E-state index contributed by atoms with van der Waals surface area (Å²) in [5, 5.41) is 13.3. The van der Waals surface area contributed by atoms with Gasteiger partial charge in [-0.3, -0.25) is 4.98 Å². The smallest absolute Gasteiger partial charge is 0.210 e. The van der Waals surface area contributed by atoms with Gasteiger partial charge in [-0.2, -0.15) is 0 Å². The van der Waals surface area contributed by atoms with E-state index in [2.05, 4.69) is 39.6 Å². The molecule has 0 atom stereocenters. The zero-order chi connectivity index (χ0) is 13.1. The van der Waals surface area contributed by atoms with Gasteiger partial charge in [-0.15, -0.1) is 10.2 Å². The van der Waals surface area contributed by atoms with Crippen molar-refractivity contribution in [1.82, 2.24) is 15.2 Å². The molecule has 0 saturated heterocycles. The largest absolute Gasteiger partial charge is 0.330 e. The van der Waals surface area contributed by atoms with Gasteiger partial charge in [0.15, 0.2) is 0 Å². The van der Waals surface area contributed by atoms with E-state index in [4.69, 9.17) is 0 Å². The van der Waals surface area contributed by atoms with Crippen LogP contribution in [-0.4, -0.2) is 15.2 Å². The minimum absolute atomic E-state index is 0.789. The van der Waals surface area contributed by atoms with Gasteiger partial charge in [0.05, 0.1) is 0 Å². The lowest BCUT2D eigenvalue weighted by atomic mass is 10.2. The second kappa shape index (κ2) is 5.16. The molecule has 0 amide bonds. The summed E-state index contributed by atoms with van der Waals surface area (Å²) < 4.78 is 0. The van der Waals surface area contributed by atoms with Gasteiger partial charge in [0, 0.05) is 23.6 Å². The molecule has 3 rings (SSSR count). The number of nitrogens with zero attached hydrogens (tertiary/aromatic N) is 3. The van der Waals surface area contributed by atoms with Crippen molar-refractivity contribution < 1.29 is 0 Å². The molecular formula is C14H12N4S. The Labute approximate surface area is 115 Å². The van der Waals surface area contributed by atoms with Gasteiger partial charge in [-0.25, -0.2) is 0 Å². The van der Waals surface area contributed by atoms with Gasteiger partial charge in [-0.1, -0.05) is 23.5 Å². The topological polar surface area (TPSA) is 50.7 Å². The number of nitrogens with one attached hydrogen (secondary N) is 1. The van der Waals surface area contributed by atoms with Crippen molar-refractivity contribution in [1.29, 1.82) is 0 Å². The van der Waals surface area contributed by atoms with E-state index in [1.165, 1.54) is 16.9 Å². The van der Waals surface area contributed by atoms with Crippen molar-refractivity contribution in [3.63, 3.8) is 0 Å². The third-order valence-electron chi connectivity index (χ3n) is 2.62. The Balaban J connectivity index is 1.82. The minimum Gasteiger partial charge on any atom is -0.330 e. The van der Waals surface area contributed by atoms with E-state index in [-0.39, 0.29) is 0 Å². The van der Waals surface area contributed by atoms with E-state index < -0.39 is 0 Å². The lowest BCUT2D eigenvalue weighted by Gasteiger charge is -2.01. The first kappa shape index (κ1) is 11.8. The highest BCUT2D eigenvalue weighted by Gasteiger charge is 2.06. The van der Waals surface area contributed by atoms with Crippen LogP contribution in [0.25, 0.3) is 10.6 Å². The van der Waals surface area contributed by atoms with Crippen LogP contribution in [-0.2, 0) is 0 Å². The Morgan fingerprint density at radius 1 is 1.05 bits per heavy atom. The third-order valence-corrected chi connectivity index (χ3v) is 3.51. The SMILES string of the molecule is Cc1cccc(Nc2nnc(-c3ccncc3)s2)c1. The molecule has 0 aliphatic rings. The van der Waals surface area contributed by atoms with Crippen molar-refractivity contribution in [2.45, 2.75) is 6.92 Å². The predicted molar refractivity (Wildman–Crippen MR) is 77.6 cm³/mol. The first-order valence-corrected chi connectivity index (χ1v) is 6.70. The van der Waals surface area contributed by atoms with Crippen LogP contribution in [0.5, 0.6) is 0 Å². The number of hydrogen-bond acceptors (Lipinski definition) is 5. The third kappa shape index (κ3) is 2.77. The van der Waals surface area contributed by atoms with Gasteiger partial charge in [0.1, 0.15) is 5.01 Å². The van der Waals surface area contributed by atoms with E-state index in [0.717, 1.165) is 21.4 Å². The molecule has 19 heavy (non-hydrogen) atoms. The standard InChI is InChI=1S/C14H12N4S/c1-10-3-2-4-12(9-10)16-14-18-17-13(19-14)11-5-7-15-8-6-11/h2-9H,1H3,(H,16,18). The highest BCUT2D eigenvalue weighted by Crippen LogP contribution is 2.27. The Morgan fingerprint density at radius 3 is 2.68 bits per heavy atom. The maximum absolute atomic E-state index is 4.18. The highest BCUT2D eigenvalue weighted by molar-refractivity contribution is 7.18. The van der Waals surface area contributed by atoms with E-state index >= 15 is 0 Å². The monoisotopic (exact) mass is 268 g/mol. The van der Waals surface area contributed by atoms with Crippen molar-refractivity contribution in [3.8, 4) is 10.6 Å². The van der Waals surface area contributed by atoms with Gasteiger partial charge >= 0.3 is 0 Å². The Bertz CT molecular complexity index is 679. The van der Waals surface area contributed by atoms with E-state index in [0.29, 0.717) is 0 Å². The normalized spacial score (nSPS) is 10.4. The number of hydrogen-bond donors (Lipinski definition) is 1. The van der Waals surface area contributed by atoms with Gasteiger partial charge < -0.3 is 5.32 Å². The molecule has 0 unspecified atom stereocenters. The molecule has 0 radical (unpaired) electrons. The Hall–Kier alpha value is -2.27. The zero-order valence-electron chi connectivity index (χ0n) is 10.4. The van der Waals surface area contributed by atoms with E-state index in [9.17, 15) is 0 Å². The van der Waals surface area contributed by atoms with Crippen LogP contribution in [0.3, 0.4) is 0 Å². The minimum atomic E-state index is 0.789. The fourth-order valence-corrected chi connectivity index (χ4v) is 2.50. The van der Waals surface area contributed by atoms with Crippen molar-refractivity contribution in [3.05, 3.63) is 54.4 Å². The van der Waals surface area contributed by atoms with Crippen LogP contribution in [0, 0.1) is 6.92 Å². The molecule has 0 fully saturated rings. The number of rotatable bonds is 3. The zero-order valence-corrected chi connectivity index (χ0v) is 11.2. The van der Waals surface area contributed by atoms with Gasteiger partial charge in [-0.05, 0) is 36.8 Å². The second-order valence-corrected chi connectivity index (χ2v) is 5.12. The van der Waals surface area contributed by atoms with Crippen LogP contribution < -0.4 is 5.32 Å². The molecule has 2 heterocycles. The summed E-state index contributed by atoms with van der Waals surface area (Å²) in [5.41, 5.74) is 3.27. The molecule has 0 spiro atoms. The molecule has 5 heteroatoms. The fraction of sp³-hybridized carbons (Fsp3) is 0.0714. The van der Waals surface area contributed by atoms with Crippen LogP contribution in [0.1, 0.15) is 5.56 Å². The molecule has 0 bridgehead atoms. The lowest BCUT2D eigenvalue weighted by molar-refractivity contribution is 1.10. The molecule has 4 nitrogen and oxygen atoms in total. The molecular weight excluding hydrogens is 256 g/mol. The maximum Gasteiger partial charge on any atom is 0.210 e. The molecule has 0 saturated carbocycles. The summed E-state index contributed by atoms with van der Waals surface area (Å²) >= 11 is 1.53. The molecule has 94 valence electrons. The summed E-state index contributed by atoms with van der Waals surface area (Å²) in [6, 6.07) is 12.0. The van der Waals surface area contributed by atoms with Crippen LogP contribution >= 0.6 is 11.3 Å². The predicted octanol–water partition coefficient (Wildman–Crippen LogP) is 3.65. The lowest BCUT2D eigenvalue weighted by Crippen LogP contribution is -1.89. The quantitative estimate of drug-likeness (QED) is 0.787.